The summed E-state index contributed by atoms with van der Waals surface area (Å²) in [5, 5.41) is 2.67. The fourth-order valence-corrected chi connectivity index (χ4v) is 2.70. The van der Waals surface area contributed by atoms with Gasteiger partial charge in [0, 0.05) is 17.8 Å². The molecule has 5 nitrogen and oxygen atoms in total. The van der Waals surface area contributed by atoms with Crippen molar-refractivity contribution < 1.29 is 14.3 Å². The summed E-state index contributed by atoms with van der Waals surface area (Å²) in [7, 11) is 0. The smallest absolute Gasteiger partial charge is 0.408 e. The van der Waals surface area contributed by atoms with E-state index in [1.807, 2.05) is 25.1 Å². The van der Waals surface area contributed by atoms with Gasteiger partial charge in [-0.15, -0.1) is 6.42 Å². The van der Waals surface area contributed by atoms with Gasteiger partial charge in [-0.05, 0) is 57.4 Å². The Morgan fingerprint density at radius 1 is 1.42 bits per heavy atom. The molecular weight excluding hydrogens is 304 g/mol. The molecule has 0 spiro atoms. The average Bonchev–Trinajstić information content (AvgIpc) is 2.93. The summed E-state index contributed by atoms with van der Waals surface area (Å²) in [4.78, 5) is 26.5. The number of anilines is 1. The number of carbonyl (C=O) groups excluding carboxylic acids is 2. The van der Waals surface area contributed by atoms with Gasteiger partial charge < -0.3 is 15.0 Å². The molecule has 2 amide bonds. The summed E-state index contributed by atoms with van der Waals surface area (Å²) in [5.74, 6) is 2.48. The Hall–Kier alpha value is -2.48. The number of nitrogens with one attached hydrogen (secondary N) is 1. The zero-order valence-corrected chi connectivity index (χ0v) is 14.7. The monoisotopic (exact) mass is 328 g/mol. The molecule has 128 valence electrons. The highest BCUT2D eigenvalue weighted by atomic mass is 16.6. The minimum Gasteiger partial charge on any atom is -0.444 e. The number of hydrogen-bond donors (Lipinski definition) is 1. The van der Waals surface area contributed by atoms with E-state index in [0.717, 1.165) is 23.2 Å². The molecule has 0 aliphatic carbocycles. The van der Waals surface area contributed by atoms with E-state index in [2.05, 4.69) is 11.2 Å². The van der Waals surface area contributed by atoms with Crippen LogP contribution < -0.4 is 10.2 Å². The van der Waals surface area contributed by atoms with Crippen molar-refractivity contribution in [1.82, 2.24) is 5.32 Å². The first-order valence-electron chi connectivity index (χ1n) is 8.15. The molecule has 0 radical (unpaired) electrons. The standard InChI is InChI=1S/C19H24N2O3/c1-6-13-8-9-16-14(12-13)10-11-21(16)17(22)15(7-2)20-18(23)24-19(3,4)5/h1,8-9,12,15H,7,10-11H2,2-5H3,(H,20,23)/t15-/m0/s1. The number of rotatable bonds is 3. The van der Waals surface area contributed by atoms with Crippen LogP contribution in [0.5, 0.6) is 0 Å². The second-order valence-electron chi connectivity index (χ2n) is 6.83. The lowest BCUT2D eigenvalue weighted by molar-refractivity contribution is -0.120. The van der Waals surface area contributed by atoms with Gasteiger partial charge in [0.15, 0.2) is 0 Å². The number of amides is 2. The van der Waals surface area contributed by atoms with E-state index in [-0.39, 0.29) is 5.91 Å². The molecule has 1 aromatic rings. The third kappa shape index (κ3) is 4.08. The molecule has 1 aliphatic heterocycles. The summed E-state index contributed by atoms with van der Waals surface area (Å²) in [6.07, 6.45) is 6.10. The highest BCUT2D eigenvalue weighted by Crippen LogP contribution is 2.29. The third-order valence-corrected chi connectivity index (χ3v) is 3.81. The molecule has 1 aromatic carbocycles. The number of benzene rings is 1. The van der Waals surface area contributed by atoms with E-state index in [1.54, 1.807) is 25.7 Å². The van der Waals surface area contributed by atoms with Crippen LogP contribution in [0.4, 0.5) is 10.5 Å². The lowest BCUT2D eigenvalue weighted by Crippen LogP contribution is -2.49. The van der Waals surface area contributed by atoms with Crippen LogP contribution >= 0.6 is 0 Å². The second-order valence-corrected chi connectivity index (χ2v) is 6.83. The van der Waals surface area contributed by atoms with Crippen molar-refractivity contribution in [2.24, 2.45) is 0 Å². The van der Waals surface area contributed by atoms with Crippen molar-refractivity contribution in [2.45, 2.75) is 52.2 Å². The van der Waals surface area contributed by atoms with Crippen LogP contribution in [0.25, 0.3) is 0 Å². The maximum absolute atomic E-state index is 12.8. The lowest BCUT2D eigenvalue weighted by atomic mass is 10.1. The van der Waals surface area contributed by atoms with Crippen molar-refractivity contribution in [2.75, 3.05) is 11.4 Å². The van der Waals surface area contributed by atoms with Gasteiger partial charge in [0.05, 0.1) is 0 Å². The number of alkyl carbamates (subject to hydrolysis) is 1. The first-order chi connectivity index (χ1) is 11.2. The third-order valence-electron chi connectivity index (χ3n) is 3.81. The highest BCUT2D eigenvalue weighted by molar-refractivity contribution is 6.00. The molecule has 5 heteroatoms. The van der Waals surface area contributed by atoms with E-state index in [4.69, 9.17) is 11.2 Å². The molecule has 1 aliphatic rings. The fraction of sp³-hybridized carbons (Fsp3) is 0.474. The molecule has 0 saturated heterocycles. The first-order valence-corrected chi connectivity index (χ1v) is 8.15. The minimum absolute atomic E-state index is 0.129. The Balaban J connectivity index is 2.11. The summed E-state index contributed by atoms with van der Waals surface area (Å²) < 4.78 is 5.24. The average molecular weight is 328 g/mol. The molecule has 0 saturated carbocycles. The maximum atomic E-state index is 12.8. The van der Waals surface area contributed by atoms with E-state index < -0.39 is 17.7 Å². The number of fused-ring (bicyclic) bond motifs is 1. The zero-order valence-electron chi connectivity index (χ0n) is 14.7. The van der Waals surface area contributed by atoms with Crippen molar-refractivity contribution >= 4 is 17.7 Å². The van der Waals surface area contributed by atoms with Gasteiger partial charge in [-0.25, -0.2) is 4.79 Å². The van der Waals surface area contributed by atoms with E-state index in [9.17, 15) is 9.59 Å². The van der Waals surface area contributed by atoms with Crippen LogP contribution in [0.1, 0.15) is 45.2 Å². The van der Waals surface area contributed by atoms with Gasteiger partial charge in [-0.1, -0.05) is 12.8 Å². The van der Waals surface area contributed by atoms with E-state index in [0.29, 0.717) is 13.0 Å². The SMILES string of the molecule is C#Cc1ccc2c(c1)CCN2C(=O)[C@H](CC)NC(=O)OC(C)(C)C. The van der Waals surface area contributed by atoms with Crippen LogP contribution in [0.2, 0.25) is 0 Å². The number of nitrogens with zero attached hydrogens (tertiary/aromatic N) is 1. The normalized spacial score (nSPS) is 14.5. The predicted molar refractivity (Wildman–Crippen MR) is 93.9 cm³/mol. The number of hydrogen-bond acceptors (Lipinski definition) is 3. The number of terminal acetylenes is 1. The quantitative estimate of drug-likeness (QED) is 0.868. The molecule has 0 unspecified atom stereocenters. The predicted octanol–water partition coefficient (Wildman–Crippen LogP) is 2.86. The van der Waals surface area contributed by atoms with Crippen LogP contribution in [-0.2, 0) is 16.0 Å². The topological polar surface area (TPSA) is 58.6 Å². The maximum Gasteiger partial charge on any atom is 0.408 e. The zero-order chi connectivity index (χ0) is 17.9. The first kappa shape index (κ1) is 17.9. The number of ether oxygens (including phenoxy) is 1. The number of carbonyl (C=O) groups is 2. The van der Waals surface area contributed by atoms with Crippen LogP contribution in [0, 0.1) is 12.3 Å². The Morgan fingerprint density at radius 3 is 2.71 bits per heavy atom. The summed E-state index contributed by atoms with van der Waals surface area (Å²) in [5.41, 5.74) is 2.13. The lowest BCUT2D eigenvalue weighted by Gasteiger charge is -2.26. The van der Waals surface area contributed by atoms with Crippen molar-refractivity contribution in [1.29, 1.82) is 0 Å². The molecule has 0 aromatic heterocycles. The Bertz CT molecular complexity index is 683. The Kier molecular flexibility index (Phi) is 5.18. The van der Waals surface area contributed by atoms with Crippen molar-refractivity contribution in [3.8, 4) is 12.3 Å². The highest BCUT2D eigenvalue weighted by Gasteiger charge is 2.31. The van der Waals surface area contributed by atoms with Crippen LogP contribution in [-0.4, -0.2) is 30.2 Å². The summed E-state index contributed by atoms with van der Waals surface area (Å²) in [6.45, 7) is 7.81. The van der Waals surface area contributed by atoms with Gasteiger partial charge in [0.1, 0.15) is 11.6 Å². The molecule has 1 atom stereocenters. The molecule has 0 bridgehead atoms. The minimum atomic E-state index is -0.613. The molecule has 1 heterocycles. The molecular formula is C19H24N2O3. The van der Waals surface area contributed by atoms with Crippen LogP contribution in [0.15, 0.2) is 18.2 Å². The van der Waals surface area contributed by atoms with E-state index >= 15 is 0 Å². The fourth-order valence-electron chi connectivity index (χ4n) is 2.70. The Morgan fingerprint density at radius 2 is 2.12 bits per heavy atom. The van der Waals surface area contributed by atoms with Gasteiger partial charge in [0.25, 0.3) is 0 Å². The van der Waals surface area contributed by atoms with Crippen molar-refractivity contribution in [3.63, 3.8) is 0 Å². The second kappa shape index (κ2) is 6.96. The van der Waals surface area contributed by atoms with Gasteiger partial charge in [0.2, 0.25) is 5.91 Å². The summed E-state index contributed by atoms with van der Waals surface area (Å²) in [6, 6.07) is 5.02. The Labute approximate surface area is 143 Å². The molecule has 2 rings (SSSR count). The van der Waals surface area contributed by atoms with Crippen LogP contribution in [0.3, 0.4) is 0 Å². The molecule has 24 heavy (non-hydrogen) atoms. The van der Waals surface area contributed by atoms with Crippen molar-refractivity contribution in [3.05, 3.63) is 29.3 Å². The molecule has 0 fully saturated rings. The molecule has 1 N–H and O–H groups in total. The largest absolute Gasteiger partial charge is 0.444 e. The summed E-state index contributed by atoms with van der Waals surface area (Å²) >= 11 is 0. The van der Waals surface area contributed by atoms with E-state index in [1.165, 1.54) is 0 Å². The van der Waals surface area contributed by atoms with Gasteiger partial charge in [-0.2, -0.15) is 0 Å². The van der Waals surface area contributed by atoms with Gasteiger partial charge in [-0.3, -0.25) is 4.79 Å². The van der Waals surface area contributed by atoms with Gasteiger partial charge >= 0.3 is 6.09 Å².